The summed E-state index contributed by atoms with van der Waals surface area (Å²) in [7, 11) is 0. The van der Waals surface area contributed by atoms with Gasteiger partial charge in [0.15, 0.2) is 0 Å². The number of anilines is 1. The van der Waals surface area contributed by atoms with Gasteiger partial charge in [0, 0.05) is 22.9 Å². The van der Waals surface area contributed by atoms with Crippen molar-refractivity contribution >= 4 is 11.6 Å². The Kier molecular flexibility index (Phi) is 4.08. The van der Waals surface area contributed by atoms with E-state index in [1.54, 1.807) is 13.0 Å². The third-order valence-corrected chi connectivity index (χ3v) is 3.92. The summed E-state index contributed by atoms with van der Waals surface area (Å²) in [6, 6.07) is 3.21. The molecule has 0 heterocycles. The van der Waals surface area contributed by atoms with Crippen LogP contribution in [0.15, 0.2) is 12.1 Å². The predicted octanol–water partition coefficient (Wildman–Crippen LogP) is 3.22. The number of nitrogens with one attached hydrogen (secondary N) is 1. The Morgan fingerprint density at radius 1 is 1.42 bits per heavy atom. The number of primary amides is 1. The Bertz CT molecular complexity index is 487. The summed E-state index contributed by atoms with van der Waals surface area (Å²) in [6.45, 7) is 3.95. The first-order valence-corrected chi connectivity index (χ1v) is 6.84. The second kappa shape index (κ2) is 5.59. The molecule has 1 amide bonds. The van der Waals surface area contributed by atoms with Crippen molar-refractivity contribution in [1.82, 2.24) is 0 Å². The van der Waals surface area contributed by atoms with Crippen molar-refractivity contribution in [3.63, 3.8) is 0 Å². The maximum Gasteiger partial charge on any atom is 0.248 e. The molecule has 1 aliphatic rings. The van der Waals surface area contributed by atoms with Crippen molar-refractivity contribution in [1.29, 1.82) is 0 Å². The second-order valence-electron chi connectivity index (χ2n) is 5.61. The van der Waals surface area contributed by atoms with Crippen molar-refractivity contribution in [3.05, 3.63) is 29.1 Å². The average Bonchev–Trinajstić information content (AvgIpc) is 2.34. The predicted molar refractivity (Wildman–Crippen MR) is 74.7 cm³/mol. The standard InChI is InChI=1S/C15H21FN2O/c1-9-4-3-5-12(6-9)18-14-8-11(15(17)19)7-13(16)10(14)2/h7-9,12,18H,3-6H2,1-2H3,(H2,17,19). The smallest absolute Gasteiger partial charge is 0.248 e. The fourth-order valence-electron chi connectivity index (χ4n) is 2.76. The van der Waals surface area contributed by atoms with Gasteiger partial charge in [-0.1, -0.05) is 19.8 Å². The Balaban J connectivity index is 2.21. The fourth-order valence-corrected chi connectivity index (χ4v) is 2.76. The van der Waals surface area contributed by atoms with Crippen LogP contribution in [0.2, 0.25) is 0 Å². The molecule has 0 radical (unpaired) electrons. The first kappa shape index (κ1) is 13.8. The molecule has 3 N–H and O–H groups in total. The van der Waals surface area contributed by atoms with E-state index < -0.39 is 5.91 Å². The number of carbonyl (C=O) groups excluding carboxylic acids is 1. The maximum atomic E-state index is 13.8. The Morgan fingerprint density at radius 3 is 2.79 bits per heavy atom. The molecule has 1 aromatic carbocycles. The van der Waals surface area contributed by atoms with Crippen molar-refractivity contribution in [2.24, 2.45) is 11.7 Å². The number of carbonyl (C=O) groups is 1. The highest BCUT2D eigenvalue weighted by Gasteiger charge is 2.20. The van der Waals surface area contributed by atoms with Gasteiger partial charge in [-0.2, -0.15) is 0 Å². The minimum absolute atomic E-state index is 0.217. The molecule has 0 aromatic heterocycles. The Morgan fingerprint density at radius 2 is 2.16 bits per heavy atom. The van der Waals surface area contributed by atoms with Crippen LogP contribution >= 0.6 is 0 Å². The van der Waals surface area contributed by atoms with Crippen LogP contribution in [0.25, 0.3) is 0 Å². The number of hydrogen-bond acceptors (Lipinski definition) is 2. The van der Waals surface area contributed by atoms with Crippen molar-refractivity contribution in [2.75, 3.05) is 5.32 Å². The van der Waals surface area contributed by atoms with Gasteiger partial charge in [0.2, 0.25) is 5.91 Å². The largest absolute Gasteiger partial charge is 0.382 e. The second-order valence-corrected chi connectivity index (χ2v) is 5.61. The molecule has 1 aliphatic carbocycles. The summed E-state index contributed by atoms with van der Waals surface area (Å²) in [4.78, 5) is 11.2. The molecule has 1 saturated carbocycles. The SMILES string of the molecule is Cc1c(F)cc(C(N)=O)cc1NC1CCCC(C)C1. The third kappa shape index (κ3) is 3.25. The van der Waals surface area contributed by atoms with Crippen LogP contribution in [0.4, 0.5) is 10.1 Å². The highest BCUT2D eigenvalue weighted by Crippen LogP contribution is 2.28. The zero-order valence-corrected chi connectivity index (χ0v) is 11.5. The average molecular weight is 264 g/mol. The lowest BCUT2D eigenvalue weighted by atomic mass is 9.87. The van der Waals surface area contributed by atoms with Crippen molar-refractivity contribution in [2.45, 2.75) is 45.6 Å². The summed E-state index contributed by atoms with van der Waals surface area (Å²) in [5.41, 5.74) is 6.67. The molecule has 0 aliphatic heterocycles. The molecule has 1 fully saturated rings. The number of hydrogen-bond donors (Lipinski definition) is 2. The maximum absolute atomic E-state index is 13.8. The molecule has 2 atom stereocenters. The first-order chi connectivity index (χ1) is 8.97. The zero-order valence-electron chi connectivity index (χ0n) is 11.5. The van der Waals surface area contributed by atoms with Crippen LogP contribution in [0.3, 0.4) is 0 Å². The minimum Gasteiger partial charge on any atom is -0.382 e. The molecule has 104 valence electrons. The topological polar surface area (TPSA) is 55.1 Å². The monoisotopic (exact) mass is 264 g/mol. The molecule has 3 nitrogen and oxygen atoms in total. The number of rotatable bonds is 3. The van der Waals surface area contributed by atoms with Gasteiger partial charge < -0.3 is 11.1 Å². The van der Waals surface area contributed by atoms with Crippen LogP contribution in [0, 0.1) is 18.7 Å². The van der Waals surface area contributed by atoms with Crippen LogP contribution in [0.5, 0.6) is 0 Å². The van der Waals surface area contributed by atoms with E-state index in [1.165, 1.54) is 18.9 Å². The molecule has 19 heavy (non-hydrogen) atoms. The molecular weight excluding hydrogens is 243 g/mol. The number of halogens is 1. The summed E-state index contributed by atoms with van der Waals surface area (Å²) in [5.74, 6) is -0.294. The molecule has 0 bridgehead atoms. The van der Waals surface area contributed by atoms with E-state index in [4.69, 9.17) is 5.73 Å². The van der Waals surface area contributed by atoms with E-state index in [1.807, 2.05) is 0 Å². The van der Waals surface area contributed by atoms with E-state index >= 15 is 0 Å². The van der Waals surface area contributed by atoms with Crippen LogP contribution in [-0.4, -0.2) is 11.9 Å². The lowest BCUT2D eigenvalue weighted by Crippen LogP contribution is -2.27. The number of benzene rings is 1. The minimum atomic E-state index is -0.598. The van der Waals surface area contributed by atoms with Gasteiger partial charge >= 0.3 is 0 Å². The van der Waals surface area contributed by atoms with E-state index in [2.05, 4.69) is 12.2 Å². The van der Waals surface area contributed by atoms with Crippen LogP contribution in [0.1, 0.15) is 48.5 Å². The summed E-state index contributed by atoms with van der Waals surface area (Å²) < 4.78 is 13.8. The number of nitrogens with two attached hydrogens (primary N) is 1. The van der Waals surface area contributed by atoms with Gasteiger partial charge in [0.05, 0.1) is 0 Å². The van der Waals surface area contributed by atoms with E-state index in [9.17, 15) is 9.18 Å². The highest BCUT2D eigenvalue weighted by molar-refractivity contribution is 5.94. The van der Waals surface area contributed by atoms with Gasteiger partial charge in [0.25, 0.3) is 0 Å². The Hall–Kier alpha value is -1.58. The van der Waals surface area contributed by atoms with E-state index in [0.29, 0.717) is 23.2 Å². The fraction of sp³-hybridized carbons (Fsp3) is 0.533. The first-order valence-electron chi connectivity index (χ1n) is 6.84. The summed E-state index contributed by atoms with van der Waals surface area (Å²) in [6.07, 6.45) is 4.62. The number of amides is 1. The van der Waals surface area contributed by atoms with E-state index in [0.717, 1.165) is 12.8 Å². The van der Waals surface area contributed by atoms with E-state index in [-0.39, 0.29) is 11.4 Å². The van der Waals surface area contributed by atoms with Crippen LogP contribution < -0.4 is 11.1 Å². The molecule has 0 saturated heterocycles. The molecule has 2 rings (SSSR count). The van der Waals surface area contributed by atoms with Gasteiger partial charge in [-0.05, 0) is 37.8 Å². The molecular formula is C15H21FN2O. The molecule has 1 aromatic rings. The van der Waals surface area contributed by atoms with Gasteiger partial charge in [-0.3, -0.25) is 4.79 Å². The normalized spacial score (nSPS) is 23.1. The highest BCUT2D eigenvalue weighted by atomic mass is 19.1. The van der Waals surface area contributed by atoms with Crippen molar-refractivity contribution in [3.8, 4) is 0 Å². The molecule has 2 unspecified atom stereocenters. The lowest BCUT2D eigenvalue weighted by Gasteiger charge is -2.29. The van der Waals surface area contributed by atoms with Crippen molar-refractivity contribution < 1.29 is 9.18 Å². The summed E-state index contributed by atoms with van der Waals surface area (Å²) in [5, 5.41) is 3.37. The zero-order chi connectivity index (χ0) is 14.0. The van der Waals surface area contributed by atoms with Crippen LogP contribution in [-0.2, 0) is 0 Å². The Labute approximate surface area is 113 Å². The lowest BCUT2D eigenvalue weighted by molar-refractivity contribution is 0.1000. The third-order valence-electron chi connectivity index (χ3n) is 3.92. The quantitative estimate of drug-likeness (QED) is 0.880. The molecule has 4 heteroatoms. The van der Waals surface area contributed by atoms with Gasteiger partial charge in [-0.25, -0.2) is 4.39 Å². The van der Waals surface area contributed by atoms with Gasteiger partial charge in [-0.15, -0.1) is 0 Å². The van der Waals surface area contributed by atoms with Gasteiger partial charge in [0.1, 0.15) is 5.82 Å². The summed E-state index contributed by atoms with van der Waals surface area (Å²) >= 11 is 0. The molecule has 0 spiro atoms.